The molecule has 446 valence electrons. The molecule has 9 saturated heterocycles. The van der Waals surface area contributed by atoms with Gasteiger partial charge in [0.25, 0.3) is 0 Å². The molecule has 77 heavy (non-hydrogen) atoms. The van der Waals surface area contributed by atoms with E-state index in [1.54, 1.807) is 0 Å². The van der Waals surface area contributed by atoms with Crippen molar-refractivity contribution in [1.82, 2.24) is 63.4 Å². The van der Waals surface area contributed by atoms with Gasteiger partial charge in [-0.2, -0.15) is 47.0 Å². The fourth-order valence-electron chi connectivity index (χ4n) is 16.0. The van der Waals surface area contributed by atoms with E-state index in [2.05, 4.69) is 173 Å². The molecule has 24 unspecified atom stereocenters. The number of fused-ring (bicyclic) bond motifs is 20. The number of hydrogen-bond donors (Lipinski definition) is 11. The lowest BCUT2D eigenvalue weighted by Crippen LogP contribution is -2.63. The normalized spacial score (nSPS) is 41.6. The van der Waals surface area contributed by atoms with E-state index in [0.29, 0.717) is 68.8 Å². The molecule has 24 atom stereocenters. The summed E-state index contributed by atoms with van der Waals surface area (Å²) in [6, 6.07) is 1.48. The largest absolute Gasteiger partial charge is 0.310 e. The van der Waals surface area contributed by atoms with Crippen LogP contribution in [0.15, 0.2) is 0 Å². The molecule has 11 N–H and O–H groups in total. The topological polar surface area (TPSA) is 136 Å². The van der Waals surface area contributed by atoms with Crippen LogP contribution in [-0.2, 0) is 0 Å². The Morgan fingerprint density at radius 2 is 0.636 bits per heavy atom. The highest BCUT2D eigenvalue weighted by atomic mass is 32.2. The van der Waals surface area contributed by atoms with E-state index in [1.165, 1.54) is 151 Å². The third-order valence-electron chi connectivity index (χ3n) is 21.2. The summed E-state index contributed by atoms with van der Waals surface area (Å²) in [5, 5.41) is 50.8. The molecule has 9 aliphatic heterocycles. The minimum atomic E-state index is 0.172. The van der Waals surface area contributed by atoms with Crippen LogP contribution in [0.1, 0.15) is 184 Å². The first-order valence-corrected chi connectivity index (χ1v) is 37.3. The molecule has 0 radical (unpaired) electrons. The van der Waals surface area contributed by atoms with Gasteiger partial charge in [0, 0.05) is 95.0 Å². The minimum Gasteiger partial charge on any atom is -0.310 e. The van der Waals surface area contributed by atoms with Crippen LogP contribution >= 0.6 is 47.0 Å². The van der Waals surface area contributed by atoms with Crippen LogP contribution in [0.25, 0.3) is 0 Å². The van der Waals surface area contributed by atoms with E-state index in [-0.39, 0.29) is 49.3 Å². The van der Waals surface area contributed by atoms with Crippen molar-refractivity contribution in [2.24, 2.45) is 47.3 Å². The van der Waals surface area contributed by atoms with E-state index in [1.807, 2.05) is 0 Å². The highest BCUT2D eigenvalue weighted by molar-refractivity contribution is 8.00. The van der Waals surface area contributed by atoms with Gasteiger partial charge in [-0.25, -0.2) is 0 Å². The second kappa shape index (κ2) is 31.4. The van der Waals surface area contributed by atoms with Gasteiger partial charge in [0.2, 0.25) is 0 Å². The molecule has 0 saturated carbocycles. The summed E-state index contributed by atoms with van der Waals surface area (Å²) in [7, 11) is 2.47. The highest BCUT2D eigenvalue weighted by Gasteiger charge is 2.58. The lowest BCUT2D eigenvalue weighted by molar-refractivity contribution is 0.123. The molecule has 8 bridgehead atoms. The van der Waals surface area contributed by atoms with Crippen molar-refractivity contribution in [1.29, 1.82) is 0 Å². The van der Waals surface area contributed by atoms with Crippen molar-refractivity contribution < 1.29 is 0 Å². The highest BCUT2D eigenvalue weighted by Crippen LogP contribution is 2.43. The Kier molecular flexibility index (Phi) is 25.4. The Balaban J connectivity index is 0.999. The quantitative estimate of drug-likeness (QED) is 0.0364. The zero-order chi connectivity index (χ0) is 53.8. The maximum Gasteiger partial charge on any atom is 0.0781 e. The van der Waals surface area contributed by atoms with Crippen LogP contribution < -0.4 is 58.5 Å². The summed E-state index contributed by atoms with van der Waals surface area (Å²) < 4.78 is 0. The number of nitrogens with zero attached hydrogens (tertiary/aromatic N) is 1. The smallest absolute Gasteiger partial charge is 0.0781 e. The number of likely N-dealkylation sites (N-methyl/N-ethyl adjacent to an activating group) is 1. The van der Waals surface area contributed by atoms with E-state index in [4.69, 9.17) is 0 Å². The Morgan fingerprint density at radius 3 is 0.961 bits per heavy atom. The molecule has 9 rings (SSSR count). The molecule has 0 amide bonds. The molecule has 0 aromatic heterocycles. The Hall–Kier alpha value is 0.920. The van der Waals surface area contributed by atoms with Crippen LogP contribution in [0.3, 0.4) is 0 Å². The van der Waals surface area contributed by atoms with Crippen molar-refractivity contribution >= 4 is 47.0 Å². The molecule has 12 nitrogen and oxygen atoms in total. The van der Waals surface area contributed by atoms with E-state index in [9.17, 15) is 0 Å². The number of rotatable bonds is 28. The fourth-order valence-corrected chi connectivity index (χ4v) is 22.0. The predicted octanol–water partition coefficient (Wildman–Crippen LogP) is 8.91. The first-order chi connectivity index (χ1) is 37.7. The zero-order valence-electron chi connectivity index (χ0n) is 50.2. The van der Waals surface area contributed by atoms with Gasteiger partial charge in [0.15, 0.2) is 0 Å². The lowest BCUT2D eigenvalue weighted by Gasteiger charge is -2.40. The molecule has 0 aromatic rings. The van der Waals surface area contributed by atoms with E-state index >= 15 is 0 Å². The van der Waals surface area contributed by atoms with E-state index < -0.39 is 0 Å². The molecular formula is C61H118N12S4. The monoisotopic (exact) mass is 1150 g/mol. The minimum absolute atomic E-state index is 0.172. The fraction of sp³-hybridized carbons (Fsp3) is 1.00. The van der Waals surface area contributed by atoms with Gasteiger partial charge in [0.05, 0.1) is 49.3 Å². The molecule has 16 heteroatoms. The van der Waals surface area contributed by atoms with Crippen molar-refractivity contribution in [3.05, 3.63) is 0 Å². The average Bonchev–Trinajstić information content (AvgIpc) is 4.21. The summed E-state index contributed by atoms with van der Waals surface area (Å²) in [5.74, 6) is 10.5. The van der Waals surface area contributed by atoms with Crippen LogP contribution in [0.4, 0.5) is 0 Å². The van der Waals surface area contributed by atoms with Crippen molar-refractivity contribution in [3.8, 4) is 0 Å². The van der Waals surface area contributed by atoms with Crippen LogP contribution in [0, 0.1) is 47.3 Å². The van der Waals surface area contributed by atoms with Crippen molar-refractivity contribution in [3.63, 3.8) is 0 Å². The summed E-state index contributed by atoms with van der Waals surface area (Å²) in [4.78, 5) is 2.77. The number of unbranched alkanes of at least 4 members (excludes halogenated alkanes) is 4. The van der Waals surface area contributed by atoms with Gasteiger partial charge < -0.3 is 21.3 Å². The molecule has 0 spiro atoms. The zero-order valence-corrected chi connectivity index (χ0v) is 53.5. The van der Waals surface area contributed by atoms with Crippen molar-refractivity contribution in [2.45, 2.75) is 278 Å². The molecular weight excluding hydrogens is 1030 g/mol. The molecule has 9 heterocycles. The number of thioether (sulfide) groups is 4. The second-order valence-corrected chi connectivity index (χ2v) is 31.7. The lowest BCUT2D eigenvalue weighted by atomic mass is 9.87. The van der Waals surface area contributed by atoms with Gasteiger partial charge in [-0.05, 0) is 105 Å². The Bertz CT molecular complexity index is 1690. The number of piperidine rings is 4. The summed E-state index contributed by atoms with van der Waals surface area (Å²) in [6.45, 7) is 23.6. The molecule has 0 aliphatic carbocycles. The second-order valence-electron chi connectivity index (χ2n) is 26.4. The summed E-state index contributed by atoms with van der Waals surface area (Å²) in [6.07, 6.45) is 28.1. The van der Waals surface area contributed by atoms with Gasteiger partial charge in [0.1, 0.15) is 0 Å². The molecule has 9 aliphatic rings. The van der Waals surface area contributed by atoms with Crippen LogP contribution in [0.2, 0.25) is 0 Å². The summed E-state index contributed by atoms with van der Waals surface area (Å²) >= 11 is 9.15. The summed E-state index contributed by atoms with van der Waals surface area (Å²) in [5.41, 5.74) is 0. The molecule has 0 aromatic carbocycles. The number of nitrogens with one attached hydrogen (secondary N) is 11. The Morgan fingerprint density at radius 1 is 0.351 bits per heavy atom. The van der Waals surface area contributed by atoms with Gasteiger partial charge >= 0.3 is 0 Å². The Labute approximate surface area is 489 Å². The first-order valence-electron chi connectivity index (χ1n) is 33.1. The van der Waals surface area contributed by atoms with E-state index in [0.717, 1.165) is 49.9 Å². The SMILES string of the molecule is CCCCC(CC)CSC1CNC2C3NC(NC4NC(NC5C6NCC(SCC(CC)CCCC)CC6C(NC6NC(N3)C3CC(SCC(CC)CCCC)CNC63)N5C)C3CC(SCC(CC)CCCC)CNC43)C2C1. The maximum atomic E-state index is 4.52. The standard InChI is InChI=1S/C61H118N12S4/c1-10-18-22-38(14-5)34-74-42-26-46-50(62-30-42)57-66-54(46)67-58-51-48(28-44(31-63-51)76-36-40(16-7)24-20-12-3)56(70-58)71-61-53-49(29-45(33-65-53)77-37-41(17-8)25-21-13-4)60(73(61)9)72-59-52-47(55(68-57)69-59)27-43(32-64-52)75-35-39(15-6)23-19-11-2/h38-72H,10-37H2,1-9H3. The van der Waals surface area contributed by atoms with Crippen LogP contribution in [-0.4, -0.2) is 156 Å². The number of hydrogen-bond acceptors (Lipinski definition) is 16. The first kappa shape index (κ1) is 62.5. The third kappa shape index (κ3) is 15.9. The maximum absolute atomic E-state index is 4.52. The van der Waals surface area contributed by atoms with Crippen LogP contribution in [0.5, 0.6) is 0 Å². The van der Waals surface area contributed by atoms with Crippen molar-refractivity contribution in [2.75, 3.05) is 56.2 Å². The molecule has 9 fully saturated rings. The predicted molar refractivity (Wildman–Crippen MR) is 338 cm³/mol. The van der Waals surface area contributed by atoms with Gasteiger partial charge in [-0.3, -0.25) is 42.1 Å². The third-order valence-corrected chi connectivity index (χ3v) is 27.2. The average molecular weight is 1150 g/mol. The van der Waals surface area contributed by atoms with Gasteiger partial charge in [-0.15, -0.1) is 0 Å². The van der Waals surface area contributed by atoms with Gasteiger partial charge in [-0.1, -0.05) is 132 Å².